The van der Waals surface area contributed by atoms with Crippen molar-refractivity contribution in [1.29, 1.82) is 0 Å². The minimum atomic E-state index is 0.0289. The fourth-order valence-electron chi connectivity index (χ4n) is 2.80. The van der Waals surface area contributed by atoms with Gasteiger partial charge < -0.3 is 9.15 Å². The Kier molecular flexibility index (Phi) is 3.07. The molecule has 0 aliphatic heterocycles. The lowest BCUT2D eigenvalue weighted by Crippen LogP contribution is -2.23. The highest BCUT2D eigenvalue weighted by Crippen LogP contribution is 2.57. The first-order chi connectivity index (χ1) is 9.37. The Morgan fingerprint density at radius 1 is 1.37 bits per heavy atom. The molecule has 4 nitrogen and oxygen atoms in total. The van der Waals surface area contributed by atoms with Gasteiger partial charge in [-0.25, -0.2) is 4.98 Å². The molecule has 1 aromatic heterocycles. The topological polar surface area (TPSA) is 52.3 Å². The van der Waals surface area contributed by atoms with Crippen LogP contribution in [0.3, 0.4) is 0 Å². The maximum absolute atomic E-state index is 10.5. The lowest BCUT2D eigenvalue weighted by Gasteiger charge is -2.25. The third-order valence-electron chi connectivity index (χ3n) is 3.94. The molecule has 1 aliphatic carbocycles. The molecule has 98 valence electrons. The van der Waals surface area contributed by atoms with Crippen molar-refractivity contribution in [2.45, 2.75) is 24.2 Å². The Morgan fingerprint density at radius 3 is 2.74 bits per heavy atom. The average Bonchev–Trinajstić information content (AvgIpc) is 3.08. The van der Waals surface area contributed by atoms with E-state index in [-0.39, 0.29) is 11.3 Å². The van der Waals surface area contributed by atoms with Gasteiger partial charge in [-0.2, -0.15) is 0 Å². The molecule has 0 bridgehead atoms. The first kappa shape index (κ1) is 12.0. The molecule has 1 aliphatic rings. The number of benzene rings is 1. The summed E-state index contributed by atoms with van der Waals surface area (Å²) in [6, 6.07) is 10.3. The van der Waals surface area contributed by atoms with E-state index in [2.05, 4.69) is 17.1 Å². The van der Waals surface area contributed by atoms with Gasteiger partial charge >= 0.3 is 0 Å². The van der Waals surface area contributed by atoms with E-state index in [1.54, 1.807) is 6.26 Å². The summed E-state index contributed by atoms with van der Waals surface area (Å²) in [5.74, 6) is 0.0545. The standard InChI is InChI=1S/C15H15NO3/c17-11-19-8-13(14-9-18-10-16-14)15(6-7-15)12-4-2-1-3-5-12/h1-5,9-11,13H,6-8H2. The molecule has 0 N–H and O–H groups in total. The van der Waals surface area contributed by atoms with Gasteiger partial charge in [-0.05, 0) is 18.4 Å². The van der Waals surface area contributed by atoms with Gasteiger partial charge in [0.25, 0.3) is 6.47 Å². The van der Waals surface area contributed by atoms with Crippen molar-refractivity contribution in [2.24, 2.45) is 0 Å². The van der Waals surface area contributed by atoms with Crippen LogP contribution in [-0.4, -0.2) is 18.1 Å². The molecule has 1 heterocycles. The molecule has 0 amide bonds. The van der Waals surface area contributed by atoms with Gasteiger partial charge in [0.15, 0.2) is 6.39 Å². The molecular weight excluding hydrogens is 242 g/mol. The zero-order valence-corrected chi connectivity index (χ0v) is 10.5. The summed E-state index contributed by atoms with van der Waals surface area (Å²) >= 11 is 0. The summed E-state index contributed by atoms with van der Waals surface area (Å²) in [4.78, 5) is 14.7. The highest BCUT2D eigenvalue weighted by atomic mass is 16.5. The molecule has 1 saturated carbocycles. The monoisotopic (exact) mass is 257 g/mol. The molecule has 3 rings (SSSR count). The van der Waals surface area contributed by atoms with Crippen LogP contribution >= 0.6 is 0 Å². The highest BCUT2D eigenvalue weighted by molar-refractivity contribution is 5.40. The normalized spacial score (nSPS) is 17.7. The quantitative estimate of drug-likeness (QED) is 0.746. The van der Waals surface area contributed by atoms with Crippen LogP contribution in [-0.2, 0) is 14.9 Å². The Labute approximate surface area is 111 Å². The van der Waals surface area contributed by atoms with Gasteiger partial charge in [-0.15, -0.1) is 0 Å². The summed E-state index contributed by atoms with van der Waals surface area (Å²) in [6.45, 7) is 0.832. The Morgan fingerprint density at radius 2 is 2.16 bits per heavy atom. The van der Waals surface area contributed by atoms with E-state index < -0.39 is 0 Å². The first-order valence-corrected chi connectivity index (χ1v) is 6.36. The van der Waals surface area contributed by atoms with Crippen LogP contribution in [0.25, 0.3) is 0 Å². The number of carbonyl (C=O) groups is 1. The van der Waals surface area contributed by atoms with E-state index in [9.17, 15) is 4.79 Å². The summed E-state index contributed by atoms with van der Waals surface area (Å²) < 4.78 is 10.1. The summed E-state index contributed by atoms with van der Waals surface area (Å²) in [5, 5.41) is 0. The summed E-state index contributed by atoms with van der Waals surface area (Å²) in [5.41, 5.74) is 2.15. The SMILES string of the molecule is O=COCC(c1cocn1)C1(c2ccccc2)CC1. The number of oxazole rings is 1. The van der Waals surface area contributed by atoms with Gasteiger partial charge in [0.2, 0.25) is 0 Å². The minimum absolute atomic E-state index is 0.0289. The lowest BCUT2D eigenvalue weighted by molar-refractivity contribution is -0.129. The molecule has 1 aromatic carbocycles. The molecule has 4 heteroatoms. The van der Waals surface area contributed by atoms with E-state index in [4.69, 9.17) is 9.15 Å². The number of rotatable bonds is 6. The fraction of sp³-hybridized carbons (Fsp3) is 0.333. The van der Waals surface area contributed by atoms with Crippen molar-refractivity contribution < 1.29 is 13.9 Å². The summed E-state index contributed by atoms with van der Waals surface area (Å²) in [6.07, 6.45) is 5.22. The van der Waals surface area contributed by atoms with Gasteiger partial charge in [0.05, 0.1) is 5.69 Å². The second-order valence-corrected chi connectivity index (χ2v) is 4.92. The second kappa shape index (κ2) is 4.88. The lowest BCUT2D eigenvalue weighted by atomic mass is 9.81. The van der Waals surface area contributed by atoms with Crippen LogP contribution in [0.5, 0.6) is 0 Å². The molecule has 2 aromatic rings. The van der Waals surface area contributed by atoms with Crippen molar-refractivity contribution >= 4 is 6.47 Å². The van der Waals surface area contributed by atoms with Gasteiger partial charge in [-0.3, -0.25) is 4.79 Å². The van der Waals surface area contributed by atoms with Gasteiger partial charge in [0.1, 0.15) is 12.9 Å². The molecule has 0 saturated heterocycles. The van der Waals surface area contributed by atoms with Gasteiger partial charge in [-0.1, -0.05) is 30.3 Å². The van der Waals surface area contributed by atoms with E-state index >= 15 is 0 Å². The van der Waals surface area contributed by atoms with Crippen LogP contribution in [0.1, 0.15) is 30.0 Å². The largest absolute Gasteiger partial charge is 0.467 e. The molecule has 1 fully saturated rings. The van der Waals surface area contributed by atoms with Crippen LogP contribution < -0.4 is 0 Å². The molecule has 1 unspecified atom stereocenters. The zero-order valence-electron chi connectivity index (χ0n) is 10.5. The predicted molar refractivity (Wildman–Crippen MR) is 68.6 cm³/mol. The van der Waals surface area contributed by atoms with Crippen molar-refractivity contribution in [3.8, 4) is 0 Å². The van der Waals surface area contributed by atoms with Crippen LogP contribution in [0.2, 0.25) is 0 Å². The van der Waals surface area contributed by atoms with Gasteiger partial charge in [0, 0.05) is 11.3 Å². The molecular formula is C15H15NO3. The van der Waals surface area contributed by atoms with E-state index in [0.717, 1.165) is 18.5 Å². The third kappa shape index (κ3) is 2.14. The van der Waals surface area contributed by atoms with Crippen LogP contribution in [0, 0.1) is 0 Å². The van der Waals surface area contributed by atoms with Crippen molar-refractivity contribution in [2.75, 3.05) is 6.61 Å². The molecule has 1 atom stereocenters. The Hall–Kier alpha value is -2.10. The fourth-order valence-corrected chi connectivity index (χ4v) is 2.80. The first-order valence-electron chi connectivity index (χ1n) is 6.36. The maximum atomic E-state index is 10.5. The molecule has 0 radical (unpaired) electrons. The average molecular weight is 257 g/mol. The highest BCUT2D eigenvalue weighted by Gasteiger charge is 2.52. The molecule has 0 spiro atoms. The maximum Gasteiger partial charge on any atom is 0.293 e. The number of ether oxygens (including phenoxy) is 1. The smallest absolute Gasteiger partial charge is 0.293 e. The predicted octanol–water partition coefficient (Wildman–Crippen LogP) is 2.66. The number of aromatic nitrogens is 1. The van der Waals surface area contributed by atoms with E-state index in [0.29, 0.717) is 13.1 Å². The Bertz CT molecular complexity index is 532. The number of hydrogen-bond donors (Lipinski definition) is 0. The number of nitrogens with zero attached hydrogens (tertiary/aromatic N) is 1. The van der Waals surface area contributed by atoms with Crippen molar-refractivity contribution in [3.05, 3.63) is 54.2 Å². The van der Waals surface area contributed by atoms with Crippen molar-refractivity contribution in [1.82, 2.24) is 4.98 Å². The van der Waals surface area contributed by atoms with E-state index in [1.165, 1.54) is 12.0 Å². The Balaban J connectivity index is 1.93. The second-order valence-electron chi connectivity index (χ2n) is 4.92. The van der Waals surface area contributed by atoms with Crippen LogP contribution in [0.4, 0.5) is 0 Å². The number of hydrogen-bond acceptors (Lipinski definition) is 4. The third-order valence-corrected chi connectivity index (χ3v) is 3.94. The van der Waals surface area contributed by atoms with E-state index in [1.807, 2.05) is 18.2 Å². The van der Waals surface area contributed by atoms with Crippen molar-refractivity contribution in [3.63, 3.8) is 0 Å². The minimum Gasteiger partial charge on any atom is -0.467 e. The number of carbonyl (C=O) groups excluding carboxylic acids is 1. The van der Waals surface area contributed by atoms with Crippen LogP contribution in [0.15, 0.2) is 47.4 Å². The zero-order chi connectivity index (χ0) is 13.1. The summed E-state index contributed by atoms with van der Waals surface area (Å²) in [7, 11) is 0. The molecule has 19 heavy (non-hydrogen) atoms.